The van der Waals surface area contributed by atoms with E-state index in [0.717, 1.165) is 6.07 Å². The standard InChI is InChI=1S/C13H16ClN3O5/c1-7(2)15-10(13(19)20)6-12(18)16-8-3-4-9(14)11(5-8)17(21)22/h3-5,7,10,15H,6H2,1-2H3,(H,16,18)(H,19,20). The van der Waals surface area contributed by atoms with Gasteiger partial charge in [-0.2, -0.15) is 0 Å². The molecule has 1 rings (SSSR count). The molecular weight excluding hydrogens is 314 g/mol. The molecule has 1 aromatic carbocycles. The maximum atomic E-state index is 11.9. The van der Waals surface area contributed by atoms with E-state index in [0.29, 0.717) is 0 Å². The summed E-state index contributed by atoms with van der Waals surface area (Å²) < 4.78 is 0. The molecule has 0 bridgehead atoms. The van der Waals surface area contributed by atoms with Crippen molar-refractivity contribution in [3.05, 3.63) is 33.3 Å². The van der Waals surface area contributed by atoms with Crippen LogP contribution < -0.4 is 10.6 Å². The highest BCUT2D eigenvalue weighted by Gasteiger charge is 2.22. The zero-order valence-corrected chi connectivity index (χ0v) is 12.8. The summed E-state index contributed by atoms with van der Waals surface area (Å²) in [6.07, 6.45) is -0.302. The number of hydrogen-bond acceptors (Lipinski definition) is 5. The molecule has 1 unspecified atom stereocenters. The molecule has 3 N–H and O–H groups in total. The second-order valence-electron chi connectivity index (χ2n) is 4.89. The van der Waals surface area contributed by atoms with Gasteiger partial charge in [-0.25, -0.2) is 0 Å². The summed E-state index contributed by atoms with van der Waals surface area (Å²) in [7, 11) is 0. The van der Waals surface area contributed by atoms with Crippen molar-refractivity contribution in [3.8, 4) is 0 Å². The molecule has 1 aromatic rings. The zero-order valence-electron chi connectivity index (χ0n) is 12.0. The lowest BCUT2D eigenvalue weighted by molar-refractivity contribution is -0.384. The Hall–Kier alpha value is -2.19. The molecule has 0 heterocycles. The molecule has 0 saturated carbocycles. The number of carbonyl (C=O) groups excluding carboxylic acids is 1. The predicted octanol–water partition coefficient (Wildman–Crippen LogP) is 2.03. The summed E-state index contributed by atoms with van der Waals surface area (Å²) in [5.41, 5.74) is -0.163. The van der Waals surface area contributed by atoms with Crippen molar-refractivity contribution in [3.63, 3.8) is 0 Å². The first-order valence-electron chi connectivity index (χ1n) is 6.43. The van der Waals surface area contributed by atoms with Crippen LogP contribution in [0.3, 0.4) is 0 Å². The Balaban J connectivity index is 2.78. The van der Waals surface area contributed by atoms with Gasteiger partial charge in [-0.3, -0.25) is 19.7 Å². The predicted molar refractivity (Wildman–Crippen MR) is 81.0 cm³/mol. The minimum Gasteiger partial charge on any atom is -0.480 e. The van der Waals surface area contributed by atoms with Crippen LogP contribution >= 0.6 is 11.6 Å². The number of rotatable bonds is 7. The van der Waals surface area contributed by atoms with Crippen LogP contribution in [0.2, 0.25) is 5.02 Å². The number of nitrogens with one attached hydrogen (secondary N) is 2. The molecule has 0 aliphatic rings. The number of nitrogens with zero attached hydrogens (tertiary/aromatic N) is 1. The smallest absolute Gasteiger partial charge is 0.321 e. The maximum absolute atomic E-state index is 11.9. The number of aliphatic carboxylic acids is 1. The molecule has 1 atom stereocenters. The summed E-state index contributed by atoms with van der Waals surface area (Å²) in [4.78, 5) is 33.0. The van der Waals surface area contributed by atoms with Gasteiger partial charge in [0.1, 0.15) is 11.1 Å². The van der Waals surface area contributed by atoms with Gasteiger partial charge in [-0.05, 0) is 12.1 Å². The van der Waals surface area contributed by atoms with E-state index >= 15 is 0 Å². The minimum atomic E-state index is -1.15. The van der Waals surface area contributed by atoms with Gasteiger partial charge in [0.05, 0.1) is 11.3 Å². The van der Waals surface area contributed by atoms with E-state index in [1.165, 1.54) is 12.1 Å². The molecule has 120 valence electrons. The van der Waals surface area contributed by atoms with Crippen molar-refractivity contribution in [1.82, 2.24) is 5.32 Å². The van der Waals surface area contributed by atoms with Gasteiger partial charge in [0.2, 0.25) is 5.91 Å². The highest BCUT2D eigenvalue weighted by atomic mass is 35.5. The van der Waals surface area contributed by atoms with Crippen LogP contribution in [0.1, 0.15) is 20.3 Å². The van der Waals surface area contributed by atoms with Crippen molar-refractivity contribution >= 4 is 34.9 Å². The summed E-state index contributed by atoms with van der Waals surface area (Å²) in [5, 5.41) is 24.9. The van der Waals surface area contributed by atoms with E-state index in [4.69, 9.17) is 16.7 Å². The van der Waals surface area contributed by atoms with Crippen LogP contribution in [0.15, 0.2) is 18.2 Å². The lowest BCUT2D eigenvalue weighted by Gasteiger charge is -2.16. The van der Waals surface area contributed by atoms with Gasteiger partial charge in [0.25, 0.3) is 5.69 Å². The molecule has 0 aliphatic carbocycles. The van der Waals surface area contributed by atoms with Crippen LogP contribution in [0, 0.1) is 10.1 Å². The van der Waals surface area contributed by atoms with E-state index in [1.807, 2.05) is 0 Å². The van der Waals surface area contributed by atoms with Gasteiger partial charge in [0, 0.05) is 17.8 Å². The minimum absolute atomic E-state index is 0.0483. The number of benzene rings is 1. The first-order valence-corrected chi connectivity index (χ1v) is 6.81. The second kappa shape index (κ2) is 7.71. The van der Waals surface area contributed by atoms with E-state index in [1.54, 1.807) is 13.8 Å². The van der Waals surface area contributed by atoms with E-state index in [-0.39, 0.29) is 28.9 Å². The monoisotopic (exact) mass is 329 g/mol. The van der Waals surface area contributed by atoms with Gasteiger partial charge >= 0.3 is 5.97 Å². The first-order chi connectivity index (χ1) is 10.2. The summed E-state index contributed by atoms with van der Waals surface area (Å²) in [5.74, 6) is -1.72. The molecule has 9 heteroatoms. The lowest BCUT2D eigenvalue weighted by Crippen LogP contribution is -2.43. The molecule has 0 fully saturated rings. The average Bonchev–Trinajstić information content (AvgIpc) is 2.39. The fraction of sp³-hybridized carbons (Fsp3) is 0.385. The maximum Gasteiger partial charge on any atom is 0.321 e. The first kappa shape index (κ1) is 17.9. The highest BCUT2D eigenvalue weighted by molar-refractivity contribution is 6.32. The lowest BCUT2D eigenvalue weighted by atomic mass is 10.1. The second-order valence-corrected chi connectivity index (χ2v) is 5.29. The molecule has 8 nitrogen and oxygen atoms in total. The normalized spacial score (nSPS) is 12.0. The van der Waals surface area contributed by atoms with Crippen molar-refractivity contribution in [2.45, 2.75) is 32.4 Å². The quantitative estimate of drug-likeness (QED) is 0.519. The Morgan fingerprint density at radius 1 is 1.41 bits per heavy atom. The molecular formula is C13H16ClN3O5. The van der Waals surface area contributed by atoms with Gasteiger partial charge in [0.15, 0.2) is 0 Å². The number of carboxylic acid groups (broad SMARTS) is 1. The fourth-order valence-corrected chi connectivity index (χ4v) is 1.93. The SMILES string of the molecule is CC(C)NC(CC(=O)Nc1ccc(Cl)c([N+](=O)[O-])c1)C(=O)O. The number of carbonyl (C=O) groups is 2. The third kappa shape index (κ3) is 5.30. The van der Waals surface area contributed by atoms with Gasteiger partial charge in [-0.1, -0.05) is 25.4 Å². The Morgan fingerprint density at radius 3 is 2.55 bits per heavy atom. The van der Waals surface area contributed by atoms with Crippen molar-refractivity contribution in [2.75, 3.05) is 5.32 Å². The molecule has 1 amide bonds. The molecule has 22 heavy (non-hydrogen) atoms. The molecule has 0 aromatic heterocycles. The highest BCUT2D eigenvalue weighted by Crippen LogP contribution is 2.27. The van der Waals surface area contributed by atoms with Gasteiger partial charge < -0.3 is 15.7 Å². The number of amides is 1. The van der Waals surface area contributed by atoms with Crippen LogP contribution in [-0.4, -0.2) is 34.0 Å². The number of carboxylic acids is 1. The molecule has 0 radical (unpaired) electrons. The number of nitro groups is 1. The number of nitro benzene ring substituents is 1. The van der Waals surface area contributed by atoms with Crippen LogP contribution in [-0.2, 0) is 9.59 Å². The van der Waals surface area contributed by atoms with Crippen LogP contribution in [0.4, 0.5) is 11.4 Å². The van der Waals surface area contributed by atoms with Crippen molar-refractivity contribution < 1.29 is 19.6 Å². The Morgan fingerprint density at radius 2 is 2.05 bits per heavy atom. The van der Waals surface area contributed by atoms with E-state index < -0.39 is 22.8 Å². The van der Waals surface area contributed by atoms with Crippen LogP contribution in [0.25, 0.3) is 0 Å². The topological polar surface area (TPSA) is 122 Å². The van der Waals surface area contributed by atoms with Crippen molar-refractivity contribution in [1.29, 1.82) is 0 Å². The Labute approximate surface area is 131 Å². The number of anilines is 1. The fourth-order valence-electron chi connectivity index (χ4n) is 1.75. The third-order valence-corrected chi connectivity index (χ3v) is 2.97. The Kier molecular flexibility index (Phi) is 6.26. The summed E-state index contributed by atoms with van der Waals surface area (Å²) in [6.45, 7) is 3.52. The van der Waals surface area contributed by atoms with Crippen LogP contribution in [0.5, 0.6) is 0 Å². The largest absolute Gasteiger partial charge is 0.480 e. The molecule has 0 spiro atoms. The number of halogens is 1. The average molecular weight is 330 g/mol. The van der Waals surface area contributed by atoms with E-state index in [9.17, 15) is 19.7 Å². The molecule has 0 saturated heterocycles. The Bertz CT molecular complexity index is 591. The third-order valence-electron chi connectivity index (χ3n) is 2.65. The number of hydrogen-bond donors (Lipinski definition) is 3. The van der Waals surface area contributed by atoms with Crippen molar-refractivity contribution in [2.24, 2.45) is 0 Å². The van der Waals surface area contributed by atoms with E-state index in [2.05, 4.69) is 10.6 Å². The molecule has 0 aliphatic heterocycles. The summed E-state index contributed by atoms with van der Waals surface area (Å²) in [6, 6.07) is 2.66. The van der Waals surface area contributed by atoms with Gasteiger partial charge in [-0.15, -0.1) is 0 Å². The zero-order chi connectivity index (χ0) is 16.9. The summed E-state index contributed by atoms with van der Waals surface area (Å²) >= 11 is 5.67.